The topological polar surface area (TPSA) is 81.0 Å². The summed E-state index contributed by atoms with van der Waals surface area (Å²) in [5, 5.41) is 3.97. The summed E-state index contributed by atoms with van der Waals surface area (Å²) in [6.07, 6.45) is 6.07. The van der Waals surface area contributed by atoms with Crippen molar-refractivity contribution >= 4 is 10.0 Å². The smallest absolute Gasteiger partial charge is 0.247 e. The van der Waals surface area contributed by atoms with Crippen LogP contribution in [0, 0.1) is 6.92 Å². The van der Waals surface area contributed by atoms with E-state index in [1.807, 2.05) is 19.9 Å². The molecule has 0 aromatic carbocycles. The summed E-state index contributed by atoms with van der Waals surface area (Å²) in [6.45, 7) is 4.23. The first-order valence-corrected chi connectivity index (χ1v) is 8.60. The molecule has 22 heavy (non-hydrogen) atoms. The maximum absolute atomic E-state index is 12.9. The Labute approximate surface area is 130 Å². The molecule has 0 unspecified atom stereocenters. The zero-order valence-electron chi connectivity index (χ0n) is 12.9. The Balaban J connectivity index is 2.06. The first-order chi connectivity index (χ1) is 10.3. The Morgan fingerprint density at radius 2 is 2.14 bits per heavy atom. The second-order valence-electron chi connectivity index (χ2n) is 5.83. The standard InChI is InChI=1S/C14H19N5O2S/c1-11-5-7-15-13(17-11)14(2)6-4-8-19(14)22(20,21)12-9-16-18(3)10-12/h5,7,9-10H,4,6,8H2,1-3H3/t14-/m1/s1. The van der Waals surface area contributed by atoms with Crippen molar-refractivity contribution in [3.8, 4) is 0 Å². The molecule has 0 bridgehead atoms. The molecular formula is C14H19N5O2S. The van der Waals surface area contributed by atoms with E-state index in [9.17, 15) is 8.42 Å². The van der Waals surface area contributed by atoms with Crippen molar-refractivity contribution < 1.29 is 8.42 Å². The molecule has 7 nitrogen and oxygen atoms in total. The molecule has 0 aliphatic carbocycles. The van der Waals surface area contributed by atoms with Crippen LogP contribution < -0.4 is 0 Å². The Hall–Kier alpha value is -1.80. The summed E-state index contributed by atoms with van der Waals surface area (Å²) in [6, 6.07) is 1.81. The van der Waals surface area contributed by atoms with Crippen LogP contribution in [0.15, 0.2) is 29.6 Å². The van der Waals surface area contributed by atoms with Gasteiger partial charge in [0.05, 0.1) is 11.7 Å². The highest BCUT2D eigenvalue weighted by Crippen LogP contribution is 2.40. The van der Waals surface area contributed by atoms with Crippen molar-refractivity contribution in [1.29, 1.82) is 0 Å². The van der Waals surface area contributed by atoms with Gasteiger partial charge < -0.3 is 0 Å². The molecule has 0 N–H and O–H groups in total. The fourth-order valence-corrected chi connectivity index (χ4v) is 4.71. The van der Waals surface area contributed by atoms with E-state index in [-0.39, 0.29) is 4.90 Å². The fourth-order valence-electron chi connectivity index (χ4n) is 2.91. The zero-order chi connectivity index (χ0) is 16.0. The third-order valence-electron chi connectivity index (χ3n) is 4.12. The lowest BCUT2D eigenvalue weighted by molar-refractivity contribution is 0.254. The van der Waals surface area contributed by atoms with E-state index >= 15 is 0 Å². The van der Waals surface area contributed by atoms with Gasteiger partial charge >= 0.3 is 0 Å². The maximum atomic E-state index is 12.9. The molecular weight excluding hydrogens is 302 g/mol. The van der Waals surface area contributed by atoms with Crippen LogP contribution in [-0.4, -0.2) is 39.0 Å². The average Bonchev–Trinajstić information content (AvgIpc) is 3.06. The van der Waals surface area contributed by atoms with E-state index in [0.717, 1.165) is 12.1 Å². The lowest BCUT2D eigenvalue weighted by Crippen LogP contribution is -2.43. The average molecular weight is 321 g/mol. The molecule has 2 aromatic heterocycles. The Bertz CT molecular complexity index is 801. The Kier molecular flexibility index (Phi) is 3.53. The van der Waals surface area contributed by atoms with Gasteiger partial charge in [-0.3, -0.25) is 4.68 Å². The van der Waals surface area contributed by atoms with E-state index in [0.29, 0.717) is 18.8 Å². The third-order valence-corrected chi connectivity index (χ3v) is 6.09. The molecule has 0 radical (unpaired) electrons. The van der Waals surface area contributed by atoms with Gasteiger partial charge in [-0.25, -0.2) is 18.4 Å². The van der Waals surface area contributed by atoms with Gasteiger partial charge in [0.25, 0.3) is 0 Å². The largest absolute Gasteiger partial charge is 0.274 e. The van der Waals surface area contributed by atoms with Gasteiger partial charge in [0.2, 0.25) is 10.0 Å². The van der Waals surface area contributed by atoms with E-state index in [1.54, 1.807) is 13.2 Å². The second kappa shape index (κ2) is 5.13. The number of nitrogens with zero attached hydrogens (tertiary/aromatic N) is 5. The summed E-state index contributed by atoms with van der Waals surface area (Å²) in [5.41, 5.74) is 0.109. The predicted octanol–water partition coefficient (Wildman–Crippen LogP) is 1.22. The van der Waals surface area contributed by atoms with Gasteiger partial charge in [-0.1, -0.05) is 0 Å². The first kappa shape index (κ1) is 15.1. The van der Waals surface area contributed by atoms with Gasteiger partial charge in [-0.2, -0.15) is 9.40 Å². The van der Waals surface area contributed by atoms with Crippen molar-refractivity contribution in [2.45, 2.75) is 37.1 Å². The van der Waals surface area contributed by atoms with Crippen LogP contribution in [0.5, 0.6) is 0 Å². The minimum absolute atomic E-state index is 0.204. The molecule has 1 atom stereocenters. The van der Waals surface area contributed by atoms with Gasteiger partial charge in [-0.15, -0.1) is 0 Å². The number of aryl methyl sites for hydroxylation is 2. The second-order valence-corrected chi connectivity index (χ2v) is 7.69. The molecule has 3 heterocycles. The van der Waals surface area contributed by atoms with Gasteiger partial charge in [0.15, 0.2) is 0 Å². The SMILES string of the molecule is Cc1ccnc([C@@]2(C)CCCN2S(=O)(=O)c2cnn(C)c2)n1. The molecule has 8 heteroatoms. The summed E-state index contributed by atoms with van der Waals surface area (Å²) >= 11 is 0. The molecule has 0 amide bonds. The highest BCUT2D eigenvalue weighted by molar-refractivity contribution is 7.89. The van der Waals surface area contributed by atoms with E-state index in [1.165, 1.54) is 21.4 Å². The molecule has 1 saturated heterocycles. The Morgan fingerprint density at radius 3 is 2.77 bits per heavy atom. The molecule has 1 fully saturated rings. The minimum Gasteiger partial charge on any atom is -0.274 e. The monoisotopic (exact) mass is 321 g/mol. The first-order valence-electron chi connectivity index (χ1n) is 7.16. The molecule has 3 rings (SSSR count). The summed E-state index contributed by atoms with van der Waals surface area (Å²) in [4.78, 5) is 8.97. The van der Waals surface area contributed by atoms with Gasteiger partial charge in [-0.05, 0) is 32.8 Å². The van der Waals surface area contributed by atoms with Crippen LogP contribution in [0.2, 0.25) is 0 Å². The number of hydrogen-bond donors (Lipinski definition) is 0. The summed E-state index contributed by atoms with van der Waals surface area (Å²) in [5.74, 6) is 0.553. The molecule has 118 valence electrons. The van der Waals surface area contributed by atoms with Crippen LogP contribution >= 0.6 is 0 Å². The number of sulfonamides is 1. The lowest BCUT2D eigenvalue weighted by atomic mass is 9.99. The normalized spacial score (nSPS) is 23.0. The van der Waals surface area contributed by atoms with Crippen LogP contribution in [-0.2, 0) is 22.6 Å². The Morgan fingerprint density at radius 1 is 1.36 bits per heavy atom. The van der Waals surface area contributed by atoms with Crippen LogP contribution in [0.1, 0.15) is 31.3 Å². The van der Waals surface area contributed by atoms with Crippen molar-refractivity contribution in [2.24, 2.45) is 7.05 Å². The van der Waals surface area contributed by atoms with Crippen molar-refractivity contribution in [2.75, 3.05) is 6.54 Å². The molecule has 1 aliphatic rings. The fraction of sp³-hybridized carbons (Fsp3) is 0.500. The highest BCUT2D eigenvalue weighted by Gasteiger charge is 2.47. The predicted molar refractivity (Wildman–Crippen MR) is 80.5 cm³/mol. The third kappa shape index (κ3) is 2.32. The van der Waals surface area contributed by atoms with Crippen molar-refractivity contribution in [1.82, 2.24) is 24.1 Å². The molecule has 0 saturated carbocycles. The van der Waals surface area contributed by atoms with E-state index in [4.69, 9.17) is 0 Å². The van der Waals surface area contributed by atoms with Crippen LogP contribution in [0.4, 0.5) is 0 Å². The van der Waals surface area contributed by atoms with E-state index in [2.05, 4.69) is 15.1 Å². The summed E-state index contributed by atoms with van der Waals surface area (Å²) in [7, 11) is -1.92. The number of hydrogen-bond acceptors (Lipinski definition) is 5. The maximum Gasteiger partial charge on any atom is 0.247 e. The van der Waals surface area contributed by atoms with Gasteiger partial charge in [0, 0.05) is 31.7 Å². The molecule has 2 aromatic rings. The lowest BCUT2D eigenvalue weighted by Gasteiger charge is -2.32. The molecule has 1 aliphatic heterocycles. The number of aromatic nitrogens is 4. The minimum atomic E-state index is -3.62. The van der Waals surface area contributed by atoms with Crippen molar-refractivity contribution in [3.63, 3.8) is 0 Å². The molecule has 0 spiro atoms. The van der Waals surface area contributed by atoms with Crippen molar-refractivity contribution in [3.05, 3.63) is 36.2 Å². The summed E-state index contributed by atoms with van der Waals surface area (Å²) < 4.78 is 28.9. The highest BCUT2D eigenvalue weighted by atomic mass is 32.2. The quantitative estimate of drug-likeness (QED) is 0.849. The zero-order valence-corrected chi connectivity index (χ0v) is 13.7. The van der Waals surface area contributed by atoms with Gasteiger partial charge in [0.1, 0.15) is 10.7 Å². The van der Waals surface area contributed by atoms with Crippen LogP contribution in [0.3, 0.4) is 0 Å². The number of rotatable bonds is 3. The van der Waals surface area contributed by atoms with E-state index < -0.39 is 15.6 Å². The van der Waals surface area contributed by atoms with Crippen LogP contribution in [0.25, 0.3) is 0 Å².